The van der Waals surface area contributed by atoms with Crippen molar-refractivity contribution in [2.45, 2.75) is 0 Å². The molecule has 18 heavy (non-hydrogen) atoms. The second-order valence-corrected chi connectivity index (χ2v) is 4.65. The van der Waals surface area contributed by atoms with Crippen LogP contribution >= 0.6 is 15.9 Å². The summed E-state index contributed by atoms with van der Waals surface area (Å²) >= 11 is 3.15. The Labute approximate surface area is 113 Å². The molecule has 0 saturated carbocycles. The van der Waals surface area contributed by atoms with Crippen LogP contribution in [0.25, 0.3) is 6.08 Å². The molecule has 94 valence electrons. The molecule has 0 saturated heterocycles. The van der Waals surface area contributed by atoms with Gasteiger partial charge < -0.3 is 13.7 Å². The van der Waals surface area contributed by atoms with Crippen molar-refractivity contribution in [3.05, 3.63) is 46.5 Å². The van der Waals surface area contributed by atoms with Gasteiger partial charge in [0, 0.05) is 20.2 Å². The predicted molar refractivity (Wildman–Crippen MR) is 72.8 cm³/mol. The number of furan rings is 2. The lowest BCUT2D eigenvalue weighted by Gasteiger charge is -2.05. The van der Waals surface area contributed by atoms with Gasteiger partial charge in [0.05, 0.1) is 0 Å². The highest BCUT2D eigenvalue weighted by Gasteiger charge is 2.07. The zero-order valence-corrected chi connectivity index (χ0v) is 11.6. The minimum Gasteiger partial charge on any atom is -0.446 e. The van der Waals surface area contributed by atoms with E-state index in [0.29, 0.717) is 10.4 Å². The van der Waals surface area contributed by atoms with E-state index in [0.717, 1.165) is 5.88 Å². The molecule has 0 N–H and O–H groups in total. The number of rotatable bonds is 4. The fourth-order valence-electron chi connectivity index (χ4n) is 1.36. The zero-order chi connectivity index (χ0) is 13.1. The third-order valence-electron chi connectivity index (χ3n) is 2.27. The van der Waals surface area contributed by atoms with E-state index in [4.69, 9.17) is 8.83 Å². The zero-order valence-electron chi connectivity index (χ0n) is 10.0. The molecule has 0 bridgehead atoms. The number of carbonyl (C=O) groups excluding carboxylic acids is 1. The third-order valence-corrected chi connectivity index (χ3v) is 2.69. The summed E-state index contributed by atoms with van der Waals surface area (Å²) in [4.78, 5) is 13.6. The van der Waals surface area contributed by atoms with Gasteiger partial charge in [0.2, 0.25) is 5.78 Å². The SMILES string of the molecule is CN(C)c1ccc(/C=C/C(=O)c2ccc(Br)o2)o1. The summed E-state index contributed by atoms with van der Waals surface area (Å²) in [6, 6.07) is 6.94. The van der Waals surface area contributed by atoms with E-state index in [9.17, 15) is 4.79 Å². The topological polar surface area (TPSA) is 46.6 Å². The Balaban J connectivity index is 2.08. The molecule has 0 radical (unpaired) electrons. The van der Waals surface area contributed by atoms with Crippen molar-refractivity contribution in [1.29, 1.82) is 0 Å². The number of hydrogen-bond donors (Lipinski definition) is 0. The molecule has 0 aromatic carbocycles. The van der Waals surface area contributed by atoms with E-state index in [2.05, 4.69) is 15.9 Å². The maximum atomic E-state index is 11.7. The first-order valence-electron chi connectivity index (χ1n) is 5.31. The molecule has 2 rings (SSSR count). The molecular formula is C13H12BrNO3. The average molecular weight is 310 g/mol. The van der Waals surface area contributed by atoms with Gasteiger partial charge in [-0.3, -0.25) is 4.79 Å². The monoisotopic (exact) mass is 309 g/mol. The standard InChI is InChI=1S/C13H12BrNO3/c1-15(2)13-8-4-9(17-13)3-5-10(16)11-6-7-12(14)18-11/h3-8H,1-2H3/b5-3+. The van der Waals surface area contributed by atoms with Crippen LogP contribution in [0, 0.1) is 0 Å². The quantitative estimate of drug-likeness (QED) is 0.639. The second-order valence-electron chi connectivity index (χ2n) is 3.87. The lowest BCUT2D eigenvalue weighted by atomic mass is 10.2. The summed E-state index contributed by atoms with van der Waals surface area (Å²) < 4.78 is 11.2. The number of allylic oxidation sites excluding steroid dienone is 1. The largest absolute Gasteiger partial charge is 0.446 e. The Morgan fingerprint density at radius 3 is 2.56 bits per heavy atom. The average Bonchev–Trinajstić information content (AvgIpc) is 2.94. The Bertz CT molecular complexity index is 581. The molecule has 2 aromatic heterocycles. The van der Waals surface area contributed by atoms with Crippen LogP contribution < -0.4 is 4.90 Å². The highest BCUT2D eigenvalue weighted by molar-refractivity contribution is 9.10. The maximum absolute atomic E-state index is 11.7. The highest BCUT2D eigenvalue weighted by atomic mass is 79.9. The van der Waals surface area contributed by atoms with E-state index in [-0.39, 0.29) is 11.5 Å². The summed E-state index contributed by atoms with van der Waals surface area (Å²) in [7, 11) is 3.77. The molecule has 0 spiro atoms. The van der Waals surface area contributed by atoms with Crippen LogP contribution in [-0.4, -0.2) is 19.9 Å². The van der Waals surface area contributed by atoms with Crippen molar-refractivity contribution in [2.75, 3.05) is 19.0 Å². The molecule has 0 fully saturated rings. The molecule has 0 atom stereocenters. The minimum absolute atomic E-state index is 0.205. The summed E-state index contributed by atoms with van der Waals surface area (Å²) in [5.41, 5.74) is 0. The van der Waals surface area contributed by atoms with Crippen molar-refractivity contribution in [2.24, 2.45) is 0 Å². The van der Waals surface area contributed by atoms with Crippen LogP contribution in [0.2, 0.25) is 0 Å². The maximum Gasteiger partial charge on any atom is 0.221 e. The first-order chi connectivity index (χ1) is 8.56. The van der Waals surface area contributed by atoms with Gasteiger partial charge in [-0.2, -0.15) is 0 Å². The summed E-state index contributed by atoms with van der Waals surface area (Å²) in [5.74, 6) is 1.45. The molecule has 0 unspecified atom stereocenters. The molecule has 0 aliphatic heterocycles. The van der Waals surface area contributed by atoms with Crippen molar-refractivity contribution in [3.63, 3.8) is 0 Å². The van der Waals surface area contributed by atoms with Gasteiger partial charge in [0.15, 0.2) is 16.3 Å². The van der Waals surface area contributed by atoms with Gasteiger partial charge >= 0.3 is 0 Å². The normalized spacial score (nSPS) is 11.1. The molecule has 5 heteroatoms. The molecular weight excluding hydrogens is 298 g/mol. The number of carbonyl (C=O) groups is 1. The van der Waals surface area contributed by atoms with Crippen LogP contribution in [0.4, 0.5) is 5.88 Å². The van der Waals surface area contributed by atoms with Gasteiger partial charge in [0.25, 0.3) is 0 Å². The highest BCUT2D eigenvalue weighted by Crippen LogP contribution is 2.18. The molecule has 0 amide bonds. The van der Waals surface area contributed by atoms with E-state index < -0.39 is 0 Å². The molecule has 2 heterocycles. The van der Waals surface area contributed by atoms with Crippen molar-refractivity contribution in [1.82, 2.24) is 0 Å². The van der Waals surface area contributed by atoms with E-state index in [1.54, 1.807) is 24.3 Å². The van der Waals surface area contributed by atoms with Crippen LogP contribution in [0.15, 0.2) is 43.8 Å². The fourth-order valence-corrected chi connectivity index (χ4v) is 1.67. The van der Waals surface area contributed by atoms with Crippen molar-refractivity contribution >= 4 is 33.7 Å². The van der Waals surface area contributed by atoms with Crippen LogP contribution in [0.3, 0.4) is 0 Å². The molecule has 0 aliphatic rings. The van der Waals surface area contributed by atoms with E-state index in [1.807, 2.05) is 25.1 Å². The summed E-state index contributed by atoms with van der Waals surface area (Å²) in [6.45, 7) is 0. The van der Waals surface area contributed by atoms with Crippen molar-refractivity contribution < 1.29 is 13.6 Å². The third kappa shape index (κ3) is 2.92. The van der Waals surface area contributed by atoms with E-state index in [1.165, 1.54) is 6.08 Å². The second kappa shape index (κ2) is 5.27. The van der Waals surface area contributed by atoms with Crippen LogP contribution in [0.5, 0.6) is 0 Å². The van der Waals surface area contributed by atoms with Gasteiger partial charge in [-0.05, 0) is 46.3 Å². The Kier molecular flexibility index (Phi) is 3.72. The molecule has 0 aliphatic carbocycles. The number of halogens is 1. The van der Waals surface area contributed by atoms with Gasteiger partial charge in [-0.15, -0.1) is 0 Å². The Morgan fingerprint density at radius 2 is 2.00 bits per heavy atom. The lowest BCUT2D eigenvalue weighted by molar-refractivity contribution is 0.102. The lowest BCUT2D eigenvalue weighted by Crippen LogP contribution is -2.06. The smallest absolute Gasteiger partial charge is 0.221 e. The van der Waals surface area contributed by atoms with Crippen LogP contribution in [-0.2, 0) is 0 Å². The van der Waals surface area contributed by atoms with Gasteiger partial charge in [-0.25, -0.2) is 0 Å². The van der Waals surface area contributed by atoms with Crippen LogP contribution in [0.1, 0.15) is 16.3 Å². The number of hydrogen-bond acceptors (Lipinski definition) is 4. The molecule has 2 aromatic rings. The Hall–Kier alpha value is -1.75. The number of ketones is 1. The first-order valence-corrected chi connectivity index (χ1v) is 6.10. The molecule has 4 nitrogen and oxygen atoms in total. The minimum atomic E-state index is -0.205. The number of anilines is 1. The summed E-state index contributed by atoms with van der Waals surface area (Å²) in [5, 5.41) is 0. The number of nitrogens with zero attached hydrogens (tertiary/aromatic N) is 1. The predicted octanol–water partition coefficient (Wildman–Crippen LogP) is 3.60. The summed E-state index contributed by atoms with van der Waals surface area (Å²) in [6.07, 6.45) is 3.04. The van der Waals surface area contributed by atoms with Gasteiger partial charge in [-0.1, -0.05) is 0 Å². The Morgan fingerprint density at radius 1 is 1.22 bits per heavy atom. The van der Waals surface area contributed by atoms with Gasteiger partial charge in [0.1, 0.15) is 5.76 Å². The fraction of sp³-hybridized carbons (Fsp3) is 0.154. The van der Waals surface area contributed by atoms with E-state index >= 15 is 0 Å². The first kappa shape index (κ1) is 12.7. The van der Waals surface area contributed by atoms with Crippen molar-refractivity contribution in [3.8, 4) is 0 Å².